The molecule has 2 saturated carbocycles. The van der Waals surface area contributed by atoms with Gasteiger partial charge in [0.2, 0.25) is 0 Å². The summed E-state index contributed by atoms with van der Waals surface area (Å²) in [6, 6.07) is 0. The van der Waals surface area contributed by atoms with Crippen LogP contribution in [0.25, 0.3) is 0 Å². The molecular formula is C12H20N2S. The van der Waals surface area contributed by atoms with Gasteiger partial charge in [-0.25, -0.2) is 0 Å². The van der Waals surface area contributed by atoms with E-state index in [-0.39, 0.29) is 0 Å². The molecule has 0 unspecified atom stereocenters. The van der Waals surface area contributed by atoms with Crippen LogP contribution in [0.15, 0.2) is 12.7 Å². The van der Waals surface area contributed by atoms with Gasteiger partial charge in [0.25, 0.3) is 0 Å². The van der Waals surface area contributed by atoms with E-state index in [9.17, 15) is 0 Å². The molecule has 0 aliphatic heterocycles. The van der Waals surface area contributed by atoms with Crippen molar-refractivity contribution >= 4 is 17.3 Å². The van der Waals surface area contributed by atoms with Crippen molar-refractivity contribution in [2.24, 2.45) is 17.8 Å². The van der Waals surface area contributed by atoms with Gasteiger partial charge in [-0.2, -0.15) is 0 Å². The van der Waals surface area contributed by atoms with Gasteiger partial charge in [-0.15, -0.1) is 6.58 Å². The second-order valence-corrected chi connectivity index (χ2v) is 5.22. The Kier molecular flexibility index (Phi) is 3.62. The Balaban J connectivity index is 1.65. The third-order valence-electron chi connectivity index (χ3n) is 3.82. The number of nitrogens with one attached hydrogen (secondary N) is 2. The molecule has 0 aromatic carbocycles. The lowest BCUT2D eigenvalue weighted by Gasteiger charge is -2.22. The molecule has 3 atom stereocenters. The Morgan fingerprint density at radius 2 is 2.20 bits per heavy atom. The van der Waals surface area contributed by atoms with E-state index in [0.29, 0.717) is 0 Å². The van der Waals surface area contributed by atoms with Crippen LogP contribution in [-0.2, 0) is 0 Å². The summed E-state index contributed by atoms with van der Waals surface area (Å²) < 4.78 is 0. The van der Waals surface area contributed by atoms with Crippen molar-refractivity contribution in [1.82, 2.24) is 10.6 Å². The van der Waals surface area contributed by atoms with Crippen molar-refractivity contribution in [3.8, 4) is 0 Å². The van der Waals surface area contributed by atoms with Gasteiger partial charge in [0.1, 0.15) is 0 Å². The van der Waals surface area contributed by atoms with E-state index >= 15 is 0 Å². The summed E-state index contributed by atoms with van der Waals surface area (Å²) in [7, 11) is 0. The second-order valence-electron chi connectivity index (χ2n) is 4.81. The van der Waals surface area contributed by atoms with Crippen molar-refractivity contribution < 1.29 is 0 Å². The first-order chi connectivity index (χ1) is 7.29. The van der Waals surface area contributed by atoms with Crippen molar-refractivity contribution in [1.29, 1.82) is 0 Å². The predicted octanol–water partition coefficient (Wildman–Crippen LogP) is 2.07. The molecule has 0 amide bonds. The van der Waals surface area contributed by atoms with Crippen LogP contribution in [0.2, 0.25) is 0 Å². The molecule has 2 aliphatic rings. The van der Waals surface area contributed by atoms with Crippen LogP contribution in [0.5, 0.6) is 0 Å². The molecule has 2 N–H and O–H groups in total. The Morgan fingerprint density at radius 1 is 1.33 bits per heavy atom. The zero-order valence-corrected chi connectivity index (χ0v) is 9.98. The standard InChI is InChI=1S/C12H20N2S/c1-2-5-13-12(15)14-8-11-7-9-3-4-10(11)6-9/h2,9-11H,1,3-8H2,(H2,13,14,15)/t9-,10-,11+/m0/s1. The predicted molar refractivity (Wildman–Crippen MR) is 67.7 cm³/mol. The first-order valence-corrected chi connectivity index (χ1v) is 6.33. The highest BCUT2D eigenvalue weighted by Crippen LogP contribution is 2.47. The maximum atomic E-state index is 5.17. The van der Waals surface area contributed by atoms with Crippen molar-refractivity contribution in [3.05, 3.63) is 12.7 Å². The summed E-state index contributed by atoms with van der Waals surface area (Å²) in [6.07, 6.45) is 7.64. The van der Waals surface area contributed by atoms with E-state index < -0.39 is 0 Å². The highest BCUT2D eigenvalue weighted by atomic mass is 32.1. The number of rotatable bonds is 4. The molecular weight excluding hydrogens is 204 g/mol. The van der Waals surface area contributed by atoms with Crippen molar-refractivity contribution in [3.63, 3.8) is 0 Å². The molecule has 0 aromatic rings. The van der Waals surface area contributed by atoms with Gasteiger partial charge in [-0.3, -0.25) is 0 Å². The lowest BCUT2D eigenvalue weighted by molar-refractivity contribution is 0.332. The monoisotopic (exact) mass is 224 g/mol. The van der Waals surface area contributed by atoms with E-state index in [2.05, 4.69) is 17.2 Å². The first-order valence-electron chi connectivity index (χ1n) is 5.92. The van der Waals surface area contributed by atoms with Crippen molar-refractivity contribution in [2.75, 3.05) is 13.1 Å². The minimum atomic E-state index is 0.753. The third kappa shape index (κ3) is 2.71. The van der Waals surface area contributed by atoms with E-state index in [4.69, 9.17) is 12.2 Å². The van der Waals surface area contributed by atoms with Crippen LogP contribution in [0.4, 0.5) is 0 Å². The highest BCUT2D eigenvalue weighted by molar-refractivity contribution is 7.80. The largest absolute Gasteiger partial charge is 0.362 e. The summed E-state index contributed by atoms with van der Waals surface area (Å²) >= 11 is 5.17. The van der Waals surface area contributed by atoms with Crippen LogP contribution >= 0.6 is 12.2 Å². The van der Waals surface area contributed by atoms with E-state index in [1.54, 1.807) is 0 Å². The van der Waals surface area contributed by atoms with Crippen LogP contribution in [-0.4, -0.2) is 18.2 Å². The molecule has 0 spiro atoms. The zero-order valence-electron chi connectivity index (χ0n) is 9.17. The minimum absolute atomic E-state index is 0.753. The molecule has 2 aliphatic carbocycles. The minimum Gasteiger partial charge on any atom is -0.362 e. The van der Waals surface area contributed by atoms with Gasteiger partial charge in [0.15, 0.2) is 5.11 Å². The zero-order chi connectivity index (χ0) is 10.7. The Hall–Kier alpha value is -0.570. The topological polar surface area (TPSA) is 24.1 Å². The van der Waals surface area contributed by atoms with E-state index in [1.165, 1.54) is 25.7 Å². The average Bonchev–Trinajstić information content (AvgIpc) is 2.84. The fourth-order valence-electron chi connectivity index (χ4n) is 3.08. The SMILES string of the molecule is C=CCNC(=S)NC[C@H]1C[C@H]2CC[C@H]1C2. The summed E-state index contributed by atoms with van der Waals surface area (Å²) in [4.78, 5) is 0. The number of hydrogen-bond acceptors (Lipinski definition) is 1. The Morgan fingerprint density at radius 3 is 2.80 bits per heavy atom. The van der Waals surface area contributed by atoms with Crippen LogP contribution in [0.1, 0.15) is 25.7 Å². The fourth-order valence-corrected chi connectivity index (χ4v) is 3.24. The van der Waals surface area contributed by atoms with Gasteiger partial charge in [0.05, 0.1) is 0 Å². The normalized spacial score (nSPS) is 32.7. The third-order valence-corrected chi connectivity index (χ3v) is 4.10. The van der Waals surface area contributed by atoms with E-state index in [0.717, 1.165) is 36.0 Å². The maximum Gasteiger partial charge on any atom is 0.166 e. The lowest BCUT2D eigenvalue weighted by Crippen LogP contribution is -2.39. The van der Waals surface area contributed by atoms with Gasteiger partial charge in [0, 0.05) is 13.1 Å². The summed E-state index contributed by atoms with van der Waals surface area (Å²) in [6.45, 7) is 5.46. The number of fused-ring (bicyclic) bond motifs is 2. The Labute approximate surface area is 97.5 Å². The average molecular weight is 224 g/mol. The lowest BCUT2D eigenvalue weighted by atomic mass is 9.89. The molecule has 0 aromatic heterocycles. The molecule has 0 saturated heterocycles. The Bertz CT molecular complexity index is 252. The maximum absolute atomic E-state index is 5.17. The molecule has 0 heterocycles. The summed E-state index contributed by atoms with van der Waals surface area (Å²) in [5.41, 5.74) is 0. The van der Waals surface area contributed by atoms with Gasteiger partial charge in [-0.1, -0.05) is 12.5 Å². The second kappa shape index (κ2) is 4.97. The van der Waals surface area contributed by atoms with Crippen LogP contribution in [0.3, 0.4) is 0 Å². The van der Waals surface area contributed by atoms with Crippen LogP contribution in [0, 0.1) is 17.8 Å². The molecule has 2 fully saturated rings. The molecule has 0 radical (unpaired) electrons. The van der Waals surface area contributed by atoms with Gasteiger partial charge < -0.3 is 10.6 Å². The summed E-state index contributed by atoms with van der Waals surface area (Å²) in [5, 5.41) is 7.20. The van der Waals surface area contributed by atoms with Crippen molar-refractivity contribution in [2.45, 2.75) is 25.7 Å². The smallest absolute Gasteiger partial charge is 0.166 e. The molecule has 2 nitrogen and oxygen atoms in total. The molecule has 2 bridgehead atoms. The van der Waals surface area contributed by atoms with Gasteiger partial charge in [-0.05, 0) is 49.2 Å². The quantitative estimate of drug-likeness (QED) is 0.565. The van der Waals surface area contributed by atoms with Gasteiger partial charge >= 0.3 is 0 Å². The summed E-state index contributed by atoms with van der Waals surface area (Å²) in [5.74, 6) is 2.87. The molecule has 3 heteroatoms. The van der Waals surface area contributed by atoms with Crippen LogP contribution < -0.4 is 10.6 Å². The highest BCUT2D eigenvalue weighted by Gasteiger charge is 2.39. The fraction of sp³-hybridized carbons (Fsp3) is 0.750. The first kappa shape index (κ1) is 10.9. The number of hydrogen-bond donors (Lipinski definition) is 2. The van der Waals surface area contributed by atoms with E-state index in [1.807, 2.05) is 6.08 Å². The molecule has 84 valence electrons. The molecule has 15 heavy (non-hydrogen) atoms. The number of thiocarbonyl (C=S) groups is 1. The molecule has 2 rings (SSSR count).